The molecule has 0 radical (unpaired) electrons. The van der Waals surface area contributed by atoms with Crippen molar-refractivity contribution < 1.29 is 28.8 Å². The maximum atomic E-state index is 12.2. The molecule has 26 heavy (non-hydrogen) atoms. The molecular weight excluding hydrogens is 340 g/mol. The molecule has 0 bridgehead atoms. The fraction of sp³-hybridized carbons (Fsp3) is 0.222. The van der Waals surface area contributed by atoms with E-state index in [1.54, 1.807) is 30.3 Å². The Hall–Kier alpha value is -3.42. The lowest BCUT2D eigenvalue weighted by atomic mass is 10.2. The maximum Gasteiger partial charge on any atom is 0.271 e. The minimum absolute atomic E-state index is 0.110. The number of hydrogen-bond acceptors (Lipinski definition) is 7. The predicted molar refractivity (Wildman–Crippen MR) is 95.8 cm³/mol. The fourth-order valence-electron chi connectivity index (χ4n) is 2.20. The van der Waals surface area contributed by atoms with E-state index in [0.717, 1.165) is 0 Å². The zero-order chi connectivity index (χ0) is 19.1. The second-order valence-electron chi connectivity index (χ2n) is 5.04. The number of carbonyl (C=O) groups excluding carboxylic acids is 1. The number of methoxy groups -OCH3 is 4. The highest BCUT2D eigenvalue weighted by atomic mass is 16.5. The van der Waals surface area contributed by atoms with Gasteiger partial charge in [-0.3, -0.25) is 4.79 Å². The van der Waals surface area contributed by atoms with E-state index in [9.17, 15) is 9.90 Å². The molecule has 2 N–H and O–H groups in total. The topological polar surface area (TPSA) is 98.6 Å². The number of phenols is 1. The second-order valence-corrected chi connectivity index (χ2v) is 5.04. The van der Waals surface area contributed by atoms with Crippen LogP contribution < -0.4 is 24.4 Å². The quantitative estimate of drug-likeness (QED) is 0.580. The third kappa shape index (κ3) is 4.15. The Bertz CT molecular complexity index is 794. The maximum absolute atomic E-state index is 12.2. The summed E-state index contributed by atoms with van der Waals surface area (Å²) < 4.78 is 20.4. The number of hydrazone groups is 1. The summed E-state index contributed by atoms with van der Waals surface area (Å²) in [4.78, 5) is 12.2. The molecule has 0 heterocycles. The van der Waals surface area contributed by atoms with Gasteiger partial charge in [-0.05, 0) is 30.3 Å². The van der Waals surface area contributed by atoms with Crippen molar-refractivity contribution in [1.29, 1.82) is 0 Å². The van der Waals surface area contributed by atoms with Crippen LogP contribution in [0.3, 0.4) is 0 Å². The number of nitrogens with one attached hydrogen (secondary N) is 1. The lowest BCUT2D eigenvalue weighted by Gasteiger charge is -2.09. The van der Waals surface area contributed by atoms with E-state index in [0.29, 0.717) is 22.6 Å². The molecule has 2 aromatic rings. The number of rotatable bonds is 7. The molecule has 0 fully saturated rings. The summed E-state index contributed by atoms with van der Waals surface area (Å²) in [6, 6.07) is 7.90. The summed E-state index contributed by atoms with van der Waals surface area (Å²) >= 11 is 0. The van der Waals surface area contributed by atoms with Crippen LogP contribution in [0.15, 0.2) is 35.4 Å². The third-order valence-electron chi connectivity index (χ3n) is 3.53. The van der Waals surface area contributed by atoms with Crippen molar-refractivity contribution in [3.8, 4) is 28.7 Å². The summed E-state index contributed by atoms with van der Waals surface area (Å²) in [5, 5.41) is 13.8. The van der Waals surface area contributed by atoms with Crippen molar-refractivity contribution in [2.75, 3.05) is 28.4 Å². The third-order valence-corrected chi connectivity index (χ3v) is 3.53. The first-order chi connectivity index (χ1) is 12.5. The van der Waals surface area contributed by atoms with Gasteiger partial charge in [0.15, 0.2) is 23.0 Å². The monoisotopic (exact) mass is 360 g/mol. The van der Waals surface area contributed by atoms with E-state index in [4.69, 9.17) is 18.9 Å². The molecule has 0 aliphatic carbocycles. The number of ether oxygens (including phenoxy) is 4. The molecule has 0 atom stereocenters. The first-order valence-electron chi connectivity index (χ1n) is 7.54. The van der Waals surface area contributed by atoms with E-state index in [2.05, 4.69) is 10.5 Å². The average Bonchev–Trinajstić information content (AvgIpc) is 2.68. The van der Waals surface area contributed by atoms with E-state index in [-0.39, 0.29) is 17.2 Å². The molecule has 8 heteroatoms. The van der Waals surface area contributed by atoms with E-state index >= 15 is 0 Å². The summed E-state index contributed by atoms with van der Waals surface area (Å²) in [5.74, 6) is 0.906. The zero-order valence-corrected chi connectivity index (χ0v) is 14.9. The highest BCUT2D eigenvalue weighted by molar-refractivity contribution is 5.95. The molecule has 0 unspecified atom stereocenters. The van der Waals surface area contributed by atoms with Crippen LogP contribution in [0.25, 0.3) is 0 Å². The summed E-state index contributed by atoms with van der Waals surface area (Å²) in [6.45, 7) is 0. The smallest absolute Gasteiger partial charge is 0.271 e. The largest absolute Gasteiger partial charge is 0.502 e. The molecule has 138 valence electrons. The van der Waals surface area contributed by atoms with Gasteiger partial charge in [-0.15, -0.1) is 0 Å². The van der Waals surface area contributed by atoms with Crippen LogP contribution in [0.4, 0.5) is 0 Å². The minimum Gasteiger partial charge on any atom is -0.502 e. The van der Waals surface area contributed by atoms with E-state index in [1.165, 1.54) is 34.7 Å². The Morgan fingerprint density at radius 1 is 0.923 bits per heavy atom. The first kappa shape index (κ1) is 18.9. The van der Waals surface area contributed by atoms with Crippen LogP contribution in [0, 0.1) is 0 Å². The Morgan fingerprint density at radius 2 is 1.50 bits per heavy atom. The number of benzene rings is 2. The Morgan fingerprint density at radius 3 is 2.04 bits per heavy atom. The van der Waals surface area contributed by atoms with Crippen LogP contribution in [-0.4, -0.2) is 45.7 Å². The summed E-state index contributed by atoms with van der Waals surface area (Å²) in [7, 11) is 5.86. The van der Waals surface area contributed by atoms with Crippen LogP contribution >= 0.6 is 0 Å². The normalized spacial score (nSPS) is 10.5. The molecule has 2 rings (SSSR count). The molecule has 0 saturated heterocycles. The van der Waals surface area contributed by atoms with Crippen molar-refractivity contribution in [3.05, 3.63) is 41.5 Å². The molecule has 0 saturated carbocycles. The van der Waals surface area contributed by atoms with Gasteiger partial charge in [-0.1, -0.05) is 0 Å². The van der Waals surface area contributed by atoms with E-state index < -0.39 is 5.91 Å². The van der Waals surface area contributed by atoms with Gasteiger partial charge in [0.05, 0.1) is 34.7 Å². The zero-order valence-electron chi connectivity index (χ0n) is 14.9. The van der Waals surface area contributed by atoms with E-state index in [1.807, 2.05) is 0 Å². The molecule has 8 nitrogen and oxygen atoms in total. The van der Waals surface area contributed by atoms with Gasteiger partial charge in [0.2, 0.25) is 5.75 Å². The Kier molecular flexibility index (Phi) is 6.26. The van der Waals surface area contributed by atoms with Crippen molar-refractivity contribution in [2.24, 2.45) is 5.10 Å². The molecule has 1 amide bonds. The number of hydrogen-bond donors (Lipinski definition) is 2. The lowest BCUT2D eigenvalue weighted by molar-refractivity contribution is 0.0954. The highest BCUT2D eigenvalue weighted by Crippen LogP contribution is 2.36. The number of carbonyl (C=O) groups is 1. The molecule has 0 aliphatic heterocycles. The van der Waals surface area contributed by atoms with Gasteiger partial charge < -0.3 is 24.1 Å². The number of nitrogens with zero attached hydrogens (tertiary/aromatic N) is 1. The van der Waals surface area contributed by atoms with Gasteiger partial charge in [0.25, 0.3) is 5.91 Å². The molecule has 2 aromatic carbocycles. The predicted octanol–water partition coefficient (Wildman–Crippen LogP) is 2.19. The van der Waals surface area contributed by atoms with Gasteiger partial charge >= 0.3 is 0 Å². The Labute approximate surface area is 151 Å². The molecule has 0 aliphatic rings. The van der Waals surface area contributed by atoms with Gasteiger partial charge in [0, 0.05) is 11.1 Å². The van der Waals surface area contributed by atoms with Gasteiger partial charge in [-0.2, -0.15) is 5.10 Å². The van der Waals surface area contributed by atoms with Crippen LogP contribution in [0.1, 0.15) is 15.9 Å². The van der Waals surface area contributed by atoms with Crippen molar-refractivity contribution in [2.45, 2.75) is 0 Å². The average molecular weight is 360 g/mol. The SMILES string of the molecule is COc1ccc(C(=O)N/N=C/c2cc(OC)c(O)c(OC)c2)cc1OC. The molecule has 0 aromatic heterocycles. The minimum atomic E-state index is -0.417. The fourth-order valence-corrected chi connectivity index (χ4v) is 2.20. The number of amides is 1. The van der Waals surface area contributed by atoms with Crippen LogP contribution in [0.2, 0.25) is 0 Å². The lowest BCUT2D eigenvalue weighted by Crippen LogP contribution is -2.17. The van der Waals surface area contributed by atoms with Crippen molar-refractivity contribution >= 4 is 12.1 Å². The number of aromatic hydroxyl groups is 1. The number of phenolic OH excluding ortho intramolecular Hbond substituents is 1. The Balaban J connectivity index is 2.14. The molecule has 0 spiro atoms. The second kappa shape index (κ2) is 8.61. The summed E-state index contributed by atoms with van der Waals surface area (Å²) in [5.41, 5.74) is 3.35. The first-order valence-corrected chi connectivity index (χ1v) is 7.54. The highest BCUT2D eigenvalue weighted by Gasteiger charge is 2.11. The van der Waals surface area contributed by atoms with Gasteiger partial charge in [0.1, 0.15) is 0 Å². The van der Waals surface area contributed by atoms with Gasteiger partial charge in [-0.25, -0.2) is 5.43 Å². The van der Waals surface area contributed by atoms with Crippen LogP contribution in [0.5, 0.6) is 28.7 Å². The van der Waals surface area contributed by atoms with Crippen molar-refractivity contribution in [3.63, 3.8) is 0 Å². The van der Waals surface area contributed by atoms with Crippen molar-refractivity contribution in [1.82, 2.24) is 5.43 Å². The van der Waals surface area contributed by atoms with Crippen LogP contribution in [-0.2, 0) is 0 Å². The molecular formula is C18H20N2O6. The summed E-state index contributed by atoms with van der Waals surface area (Å²) in [6.07, 6.45) is 1.41. The standard InChI is InChI=1S/C18H20N2O6/c1-23-13-6-5-12(9-14(13)24-2)18(22)20-19-10-11-7-15(25-3)17(21)16(8-11)26-4/h5-10,21H,1-4H3,(H,20,22)/b19-10+.